The van der Waals surface area contributed by atoms with Gasteiger partial charge in [-0.3, -0.25) is 0 Å². The van der Waals surface area contributed by atoms with Crippen LogP contribution in [-0.4, -0.2) is 20.4 Å². The number of aromatic nitrogens is 2. The van der Waals surface area contributed by atoms with Crippen LogP contribution in [0.3, 0.4) is 0 Å². The molecule has 0 aliphatic carbocycles. The highest BCUT2D eigenvalue weighted by atomic mass is 79.9. The Hall–Kier alpha value is 0.390. The molecule has 0 amide bonds. The molecule has 0 spiro atoms. The lowest BCUT2D eigenvalue weighted by molar-refractivity contribution is 0.788. The quantitative estimate of drug-likeness (QED) is 0.453. The van der Waals surface area contributed by atoms with Crippen LogP contribution < -0.4 is 0 Å². The van der Waals surface area contributed by atoms with Gasteiger partial charge < -0.3 is 0 Å². The van der Waals surface area contributed by atoms with Crippen molar-refractivity contribution in [1.29, 1.82) is 0 Å². The number of rotatable bonds is 6. The van der Waals surface area contributed by atoms with Crippen molar-refractivity contribution in [2.24, 2.45) is 0 Å². The van der Waals surface area contributed by atoms with Gasteiger partial charge in [0.05, 0.1) is 0 Å². The number of unbranched alkanes of at least 4 members (excludes halogenated alkanes) is 2. The molecule has 0 aliphatic heterocycles. The molecule has 0 saturated heterocycles. The molecule has 0 unspecified atom stereocenters. The van der Waals surface area contributed by atoms with E-state index in [2.05, 4.69) is 25.3 Å². The number of halogens is 1. The van der Waals surface area contributed by atoms with Crippen molar-refractivity contribution in [2.75, 3.05) is 11.1 Å². The topological polar surface area (TPSA) is 25.8 Å². The maximum atomic E-state index is 4.29. The molecular weight excluding hydrogens is 268 g/mol. The van der Waals surface area contributed by atoms with E-state index in [0.29, 0.717) is 0 Å². The predicted molar refractivity (Wildman–Crippen MR) is 63.0 cm³/mol. The van der Waals surface area contributed by atoms with Crippen molar-refractivity contribution < 1.29 is 0 Å². The van der Waals surface area contributed by atoms with Gasteiger partial charge in [-0.1, -0.05) is 34.1 Å². The van der Waals surface area contributed by atoms with Crippen LogP contribution in [0.1, 0.15) is 25.1 Å². The van der Waals surface area contributed by atoms with E-state index in [0.717, 1.165) is 15.5 Å². The van der Waals surface area contributed by atoms with Crippen molar-refractivity contribution in [3.63, 3.8) is 0 Å². The van der Waals surface area contributed by atoms with Crippen LogP contribution in [0.25, 0.3) is 0 Å². The van der Waals surface area contributed by atoms with Gasteiger partial charge in [-0.2, -0.15) is 4.37 Å². The van der Waals surface area contributed by atoms with Crippen LogP contribution in [0, 0.1) is 6.92 Å². The van der Waals surface area contributed by atoms with Gasteiger partial charge in [0.2, 0.25) is 0 Å². The minimum atomic E-state index is 0.896. The van der Waals surface area contributed by atoms with Gasteiger partial charge in [0.25, 0.3) is 0 Å². The van der Waals surface area contributed by atoms with Gasteiger partial charge in [0.1, 0.15) is 5.82 Å². The molecule has 0 radical (unpaired) electrons. The molecule has 0 saturated carbocycles. The summed E-state index contributed by atoms with van der Waals surface area (Å²) in [5, 5.41) is 1.12. The zero-order valence-electron chi connectivity index (χ0n) is 7.62. The Bertz CT molecular complexity index is 240. The number of hydrogen-bond acceptors (Lipinski definition) is 4. The van der Waals surface area contributed by atoms with Crippen molar-refractivity contribution in [2.45, 2.75) is 30.5 Å². The van der Waals surface area contributed by atoms with E-state index < -0.39 is 0 Å². The van der Waals surface area contributed by atoms with Crippen molar-refractivity contribution in [3.8, 4) is 0 Å². The van der Waals surface area contributed by atoms with Gasteiger partial charge in [0.15, 0.2) is 4.34 Å². The zero-order chi connectivity index (χ0) is 9.52. The van der Waals surface area contributed by atoms with Crippen LogP contribution in [0.4, 0.5) is 0 Å². The van der Waals surface area contributed by atoms with Gasteiger partial charge in [-0.15, -0.1) is 0 Å². The molecule has 2 nitrogen and oxygen atoms in total. The van der Waals surface area contributed by atoms with Crippen molar-refractivity contribution in [1.82, 2.24) is 9.36 Å². The second kappa shape index (κ2) is 6.79. The number of aryl methyl sites for hydroxylation is 1. The first kappa shape index (κ1) is 11.5. The maximum Gasteiger partial charge on any atom is 0.170 e. The Morgan fingerprint density at radius 1 is 1.38 bits per heavy atom. The molecule has 0 aromatic carbocycles. The molecule has 0 fully saturated rings. The van der Waals surface area contributed by atoms with Crippen molar-refractivity contribution >= 4 is 39.2 Å². The first-order valence-corrected chi connectivity index (χ1v) is 7.20. The molecule has 13 heavy (non-hydrogen) atoms. The number of alkyl halides is 1. The van der Waals surface area contributed by atoms with Crippen LogP contribution in [0.15, 0.2) is 4.34 Å². The first-order chi connectivity index (χ1) is 6.33. The summed E-state index contributed by atoms with van der Waals surface area (Å²) >= 11 is 6.75. The third-order valence-electron chi connectivity index (χ3n) is 1.51. The third kappa shape index (κ3) is 4.98. The summed E-state index contributed by atoms with van der Waals surface area (Å²) in [4.78, 5) is 4.29. The third-order valence-corrected chi connectivity index (χ3v) is 4.08. The highest BCUT2D eigenvalue weighted by molar-refractivity contribution is 9.09. The summed E-state index contributed by atoms with van der Waals surface area (Å²) in [5.74, 6) is 2.06. The summed E-state index contributed by atoms with van der Waals surface area (Å²) in [5.41, 5.74) is 0. The zero-order valence-corrected chi connectivity index (χ0v) is 10.8. The molecule has 0 atom stereocenters. The largest absolute Gasteiger partial charge is 0.213 e. The van der Waals surface area contributed by atoms with Crippen LogP contribution in [0.2, 0.25) is 0 Å². The van der Waals surface area contributed by atoms with Crippen molar-refractivity contribution in [3.05, 3.63) is 5.82 Å². The summed E-state index contributed by atoms with van der Waals surface area (Å²) in [7, 11) is 0. The average Bonchev–Trinajstić information content (AvgIpc) is 2.51. The SMILES string of the molecule is Cc1nsc(SCCCCCBr)n1. The molecule has 0 bridgehead atoms. The van der Waals surface area contributed by atoms with E-state index in [1.54, 1.807) is 0 Å². The molecule has 0 N–H and O–H groups in total. The smallest absolute Gasteiger partial charge is 0.170 e. The van der Waals surface area contributed by atoms with E-state index in [-0.39, 0.29) is 0 Å². The average molecular weight is 281 g/mol. The van der Waals surface area contributed by atoms with Gasteiger partial charge in [-0.25, -0.2) is 4.98 Å². The summed E-state index contributed by atoms with van der Waals surface area (Å²) in [6.45, 7) is 1.94. The number of hydrogen-bond donors (Lipinski definition) is 0. The van der Waals surface area contributed by atoms with Gasteiger partial charge in [0, 0.05) is 11.1 Å². The highest BCUT2D eigenvalue weighted by Crippen LogP contribution is 2.21. The minimum Gasteiger partial charge on any atom is -0.213 e. The first-order valence-electron chi connectivity index (χ1n) is 4.32. The summed E-state index contributed by atoms with van der Waals surface area (Å²) in [6.07, 6.45) is 3.85. The molecule has 1 rings (SSSR count). The van der Waals surface area contributed by atoms with Crippen LogP contribution >= 0.6 is 39.2 Å². The Morgan fingerprint density at radius 3 is 2.85 bits per heavy atom. The fourth-order valence-electron chi connectivity index (χ4n) is 0.869. The highest BCUT2D eigenvalue weighted by Gasteiger charge is 1.99. The fourth-order valence-corrected chi connectivity index (χ4v) is 2.98. The lowest BCUT2D eigenvalue weighted by Gasteiger charge is -1.95. The lowest BCUT2D eigenvalue weighted by atomic mass is 10.3. The summed E-state index contributed by atoms with van der Waals surface area (Å²) in [6, 6.07) is 0. The standard InChI is InChI=1S/C8H13BrN2S2/c1-7-10-8(13-11-7)12-6-4-2-3-5-9/h2-6H2,1H3. The number of nitrogens with zero attached hydrogens (tertiary/aromatic N) is 2. The minimum absolute atomic E-state index is 0.896. The fraction of sp³-hybridized carbons (Fsp3) is 0.750. The van der Waals surface area contributed by atoms with Gasteiger partial charge >= 0.3 is 0 Å². The van der Waals surface area contributed by atoms with Crippen LogP contribution in [-0.2, 0) is 0 Å². The Morgan fingerprint density at radius 2 is 2.23 bits per heavy atom. The second-order valence-electron chi connectivity index (χ2n) is 2.71. The molecule has 74 valence electrons. The van der Waals surface area contributed by atoms with E-state index in [9.17, 15) is 0 Å². The Balaban J connectivity index is 2.06. The molecule has 1 heterocycles. The normalized spacial score (nSPS) is 10.6. The number of thioether (sulfide) groups is 1. The molecule has 1 aromatic rings. The second-order valence-corrected chi connectivity index (χ2v) is 5.59. The Kier molecular flexibility index (Phi) is 5.98. The van der Waals surface area contributed by atoms with Crippen LogP contribution in [0.5, 0.6) is 0 Å². The van der Waals surface area contributed by atoms with E-state index >= 15 is 0 Å². The monoisotopic (exact) mass is 280 g/mol. The summed E-state index contributed by atoms with van der Waals surface area (Å²) < 4.78 is 5.24. The molecule has 0 aliphatic rings. The Labute approximate surface area is 95.8 Å². The van der Waals surface area contributed by atoms with Gasteiger partial charge in [-0.05, 0) is 31.3 Å². The van der Waals surface area contributed by atoms with E-state index in [1.165, 1.54) is 36.5 Å². The maximum absolute atomic E-state index is 4.29. The molecular formula is C8H13BrN2S2. The molecule has 5 heteroatoms. The predicted octanol–water partition coefficient (Wildman–Crippen LogP) is 3.50. The lowest BCUT2D eigenvalue weighted by Crippen LogP contribution is -1.82. The molecule has 1 aromatic heterocycles. The van der Waals surface area contributed by atoms with E-state index in [1.807, 2.05) is 18.7 Å². The van der Waals surface area contributed by atoms with E-state index in [4.69, 9.17) is 0 Å².